The van der Waals surface area contributed by atoms with Crippen molar-refractivity contribution in [3.8, 4) is 0 Å². The zero-order valence-electron chi connectivity index (χ0n) is 17.0. The number of hydrogen-bond acceptors (Lipinski definition) is 5. The van der Waals surface area contributed by atoms with E-state index in [9.17, 15) is 9.59 Å². The average Bonchev–Trinajstić information content (AvgIpc) is 3.32. The van der Waals surface area contributed by atoms with E-state index in [4.69, 9.17) is 9.72 Å². The van der Waals surface area contributed by atoms with Gasteiger partial charge >= 0.3 is 0 Å². The van der Waals surface area contributed by atoms with Crippen LogP contribution in [0.25, 0.3) is 10.9 Å². The molecule has 0 unspecified atom stereocenters. The number of aromatic nitrogens is 3. The van der Waals surface area contributed by atoms with Gasteiger partial charge in [0.2, 0.25) is 0 Å². The molecule has 0 aliphatic carbocycles. The Labute approximate surface area is 173 Å². The molecule has 29 heavy (non-hydrogen) atoms. The maximum absolute atomic E-state index is 13.1. The first-order valence-electron chi connectivity index (χ1n) is 9.86. The van der Waals surface area contributed by atoms with Crippen molar-refractivity contribution >= 4 is 28.4 Å². The van der Waals surface area contributed by atoms with E-state index in [1.54, 1.807) is 10.6 Å². The molecule has 1 aromatic carbocycles. The number of ether oxygens (including phenoxy) is 1. The van der Waals surface area contributed by atoms with Crippen LogP contribution in [0.1, 0.15) is 34.6 Å². The second-order valence-corrected chi connectivity index (χ2v) is 8.46. The zero-order valence-corrected chi connectivity index (χ0v) is 17.8. The van der Waals surface area contributed by atoms with Crippen LogP contribution in [0.4, 0.5) is 0 Å². The van der Waals surface area contributed by atoms with Crippen LogP contribution in [0.15, 0.2) is 40.3 Å². The van der Waals surface area contributed by atoms with Gasteiger partial charge in [0.05, 0.1) is 29.3 Å². The lowest BCUT2D eigenvalue weighted by atomic mass is 10.2. The molecule has 2 aromatic heterocycles. The number of thioether (sulfide) groups is 1. The Kier molecular flexibility index (Phi) is 5.61. The largest absolute Gasteiger partial charge is 0.376 e. The van der Waals surface area contributed by atoms with Crippen LogP contribution in [-0.4, -0.2) is 38.4 Å². The van der Waals surface area contributed by atoms with Gasteiger partial charge in [-0.1, -0.05) is 23.9 Å². The predicted molar refractivity (Wildman–Crippen MR) is 115 cm³/mol. The smallest absolute Gasteiger partial charge is 0.262 e. The van der Waals surface area contributed by atoms with Crippen LogP contribution in [-0.2, 0) is 18.3 Å². The monoisotopic (exact) mass is 411 g/mol. The molecule has 0 amide bonds. The van der Waals surface area contributed by atoms with E-state index >= 15 is 0 Å². The average molecular weight is 412 g/mol. The molecule has 4 rings (SSSR count). The van der Waals surface area contributed by atoms with E-state index in [1.165, 1.54) is 11.8 Å². The summed E-state index contributed by atoms with van der Waals surface area (Å²) in [4.78, 5) is 30.7. The molecule has 0 bridgehead atoms. The Bertz CT molecular complexity index is 1130. The molecule has 0 spiro atoms. The Balaban J connectivity index is 1.65. The third kappa shape index (κ3) is 3.89. The van der Waals surface area contributed by atoms with Crippen molar-refractivity contribution in [1.29, 1.82) is 0 Å². The Morgan fingerprint density at radius 2 is 2.10 bits per heavy atom. The molecule has 3 aromatic rings. The molecule has 0 saturated carbocycles. The lowest BCUT2D eigenvalue weighted by Crippen LogP contribution is -2.29. The van der Waals surface area contributed by atoms with Crippen LogP contribution in [0.3, 0.4) is 0 Å². The summed E-state index contributed by atoms with van der Waals surface area (Å²) in [6, 6.07) is 9.27. The highest BCUT2D eigenvalue weighted by atomic mass is 32.2. The maximum Gasteiger partial charge on any atom is 0.262 e. The van der Waals surface area contributed by atoms with Crippen molar-refractivity contribution in [1.82, 2.24) is 14.1 Å². The van der Waals surface area contributed by atoms with E-state index in [2.05, 4.69) is 0 Å². The number of ketones is 1. The van der Waals surface area contributed by atoms with Crippen LogP contribution in [0.5, 0.6) is 0 Å². The Hall–Kier alpha value is -2.38. The normalized spacial score (nSPS) is 16.6. The summed E-state index contributed by atoms with van der Waals surface area (Å²) in [6.07, 6.45) is 1.96. The Morgan fingerprint density at radius 3 is 2.79 bits per heavy atom. The van der Waals surface area contributed by atoms with Gasteiger partial charge in [-0.05, 0) is 44.9 Å². The van der Waals surface area contributed by atoms with E-state index in [0.29, 0.717) is 22.6 Å². The topological polar surface area (TPSA) is 66.1 Å². The fourth-order valence-corrected chi connectivity index (χ4v) is 4.65. The predicted octanol–water partition coefficient (Wildman–Crippen LogP) is 3.51. The summed E-state index contributed by atoms with van der Waals surface area (Å²) < 4.78 is 9.43. The van der Waals surface area contributed by atoms with Crippen molar-refractivity contribution in [2.75, 3.05) is 12.4 Å². The van der Waals surface area contributed by atoms with Crippen LogP contribution in [0, 0.1) is 13.8 Å². The quantitative estimate of drug-likeness (QED) is 0.353. The summed E-state index contributed by atoms with van der Waals surface area (Å²) in [5.41, 5.74) is 3.31. The van der Waals surface area contributed by atoms with Gasteiger partial charge in [-0.25, -0.2) is 4.98 Å². The highest BCUT2D eigenvalue weighted by molar-refractivity contribution is 7.99. The summed E-state index contributed by atoms with van der Waals surface area (Å²) in [7, 11) is 1.96. The number of carbonyl (C=O) groups excluding carboxylic acids is 1. The summed E-state index contributed by atoms with van der Waals surface area (Å²) >= 11 is 1.32. The highest BCUT2D eigenvalue weighted by Crippen LogP contribution is 2.23. The number of fused-ring (bicyclic) bond motifs is 1. The SMILES string of the molecule is Cc1cc(C(=O)CSc2nc3ccccc3c(=O)n2C[C@@H]2CCCO2)c(C)n1C. The van der Waals surface area contributed by atoms with E-state index in [0.717, 1.165) is 36.4 Å². The van der Waals surface area contributed by atoms with Gasteiger partial charge in [-0.15, -0.1) is 0 Å². The molecule has 1 atom stereocenters. The van der Waals surface area contributed by atoms with Crippen molar-refractivity contribution < 1.29 is 9.53 Å². The fraction of sp³-hybridized carbons (Fsp3) is 0.409. The van der Waals surface area contributed by atoms with E-state index in [-0.39, 0.29) is 23.2 Å². The van der Waals surface area contributed by atoms with Gasteiger partial charge in [-0.3, -0.25) is 14.2 Å². The third-order valence-electron chi connectivity index (χ3n) is 5.64. The molecule has 3 heterocycles. The minimum absolute atomic E-state index is 0.0183. The third-order valence-corrected chi connectivity index (χ3v) is 6.62. The second-order valence-electron chi connectivity index (χ2n) is 7.52. The van der Waals surface area contributed by atoms with Gasteiger partial charge in [0.15, 0.2) is 10.9 Å². The molecule has 0 N–H and O–H groups in total. The van der Waals surface area contributed by atoms with Gasteiger partial charge in [0.1, 0.15) is 0 Å². The molecule has 1 fully saturated rings. The molecule has 0 radical (unpaired) electrons. The van der Waals surface area contributed by atoms with E-state index < -0.39 is 0 Å². The first-order valence-corrected chi connectivity index (χ1v) is 10.8. The van der Waals surface area contributed by atoms with Crippen LogP contribution >= 0.6 is 11.8 Å². The Morgan fingerprint density at radius 1 is 1.31 bits per heavy atom. The van der Waals surface area contributed by atoms with Gasteiger partial charge in [0, 0.05) is 30.6 Å². The van der Waals surface area contributed by atoms with Gasteiger partial charge in [-0.2, -0.15) is 0 Å². The molecule has 1 aliphatic rings. The molecule has 1 saturated heterocycles. The first-order chi connectivity index (χ1) is 14.0. The number of Topliss-reactive ketones (excluding diaryl/α,β-unsaturated/α-hetero) is 1. The van der Waals surface area contributed by atoms with Crippen molar-refractivity contribution in [2.24, 2.45) is 7.05 Å². The number of para-hydroxylation sites is 1. The van der Waals surface area contributed by atoms with Crippen molar-refractivity contribution in [2.45, 2.75) is 44.5 Å². The maximum atomic E-state index is 13.1. The van der Waals surface area contributed by atoms with Crippen LogP contribution < -0.4 is 5.56 Å². The van der Waals surface area contributed by atoms with Crippen LogP contribution in [0.2, 0.25) is 0 Å². The van der Waals surface area contributed by atoms with Crippen molar-refractivity contribution in [3.63, 3.8) is 0 Å². The molecular formula is C22H25N3O3S. The summed E-state index contributed by atoms with van der Waals surface area (Å²) in [6.45, 7) is 5.14. The molecule has 1 aliphatic heterocycles. The number of benzene rings is 1. The lowest BCUT2D eigenvalue weighted by Gasteiger charge is -2.16. The molecule has 6 nitrogen and oxygen atoms in total. The number of hydrogen-bond donors (Lipinski definition) is 0. The fourth-order valence-electron chi connectivity index (χ4n) is 3.76. The number of aryl methyl sites for hydroxylation is 1. The molecular weight excluding hydrogens is 386 g/mol. The first kappa shape index (κ1) is 19.9. The van der Waals surface area contributed by atoms with Gasteiger partial charge < -0.3 is 9.30 Å². The standard InChI is InChI=1S/C22H25N3O3S/c1-14-11-18(15(2)24(14)3)20(26)13-29-22-23-19-9-5-4-8-17(19)21(27)25(22)12-16-7-6-10-28-16/h4-5,8-9,11,16H,6-7,10,12-13H2,1-3H3/t16-/m0/s1. The number of carbonyl (C=O) groups is 1. The van der Waals surface area contributed by atoms with Crippen molar-refractivity contribution in [3.05, 3.63) is 57.6 Å². The minimum atomic E-state index is -0.0761. The summed E-state index contributed by atoms with van der Waals surface area (Å²) in [5.74, 6) is 0.280. The zero-order chi connectivity index (χ0) is 20.5. The van der Waals surface area contributed by atoms with Gasteiger partial charge in [0.25, 0.3) is 5.56 Å². The molecule has 7 heteroatoms. The molecule has 152 valence electrons. The second kappa shape index (κ2) is 8.16. The lowest BCUT2D eigenvalue weighted by molar-refractivity contribution is 0.0937. The van der Waals surface area contributed by atoms with E-state index in [1.807, 2.05) is 49.7 Å². The minimum Gasteiger partial charge on any atom is -0.376 e. The number of nitrogens with zero attached hydrogens (tertiary/aromatic N) is 3. The highest BCUT2D eigenvalue weighted by Gasteiger charge is 2.21. The number of rotatable bonds is 6. The summed E-state index contributed by atoms with van der Waals surface area (Å²) in [5, 5.41) is 1.17.